The second kappa shape index (κ2) is 5.71. The van der Waals surface area contributed by atoms with Gasteiger partial charge in [0.2, 0.25) is 5.91 Å². The normalized spacial score (nSPS) is 16.6. The quantitative estimate of drug-likeness (QED) is 0.793. The van der Waals surface area contributed by atoms with Crippen molar-refractivity contribution in [3.05, 3.63) is 21.3 Å². The highest BCUT2D eigenvalue weighted by atomic mass is 35.5. The number of thiophene rings is 1. The van der Waals surface area contributed by atoms with Gasteiger partial charge in [0.05, 0.1) is 9.21 Å². The predicted octanol–water partition coefficient (Wildman–Crippen LogP) is 2.10. The van der Waals surface area contributed by atoms with Gasteiger partial charge in [-0.3, -0.25) is 9.59 Å². The van der Waals surface area contributed by atoms with E-state index in [1.54, 1.807) is 28.9 Å². The Morgan fingerprint density at radius 1 is 1.17 bits per heavy atom. The Labute approximate surface area is 115 Å². The van der Waals surface area contributed by atoms with E-state index in [-0.39, 0.29) is 11.8 Å². The predicted molar refractivity (Wildman–Crippen MR) is 72.1 cm³/mol. The number of hydrogen-bond donors (Lipinski definition) is 0. The molecule has 0 atom stereocenters. The van der Waals surface area contributed by atoms with Crippen LogP contribution in [0.3, 0.4) is 0 Å². The van der Waals surface area contributed by atoms with Crippen LogP contribution in [0.25, 0.3) is 0 Å². The van der Waals surface area contributed by atoms with Gasteiger partial charge in [-0.1, -0.05) is 11.6 Å². The first-order valence-electron chi connectivity index (χ1n) is 5.88. The number of hydrogen-bond acceptors (Lipinski definition) is 3. The fourth-order valence-corrected chi connectivity index (χ4v) is 3.03. The second-order valence-electron chi connectivity index (χ2n) is 4.26. The van der Waals surface area contributed by atoms with Gasteiger partial charge < -0.3 is 9.80 Å². The number of amides is 2. The minimum Gasteiger partial charge on any atom is -0.341 e. The van der Waals surface area contributed by atoms with E-state index < -0.39 is 0 Å². The first-order valence-corrected chi connectivity index (χ1v) is 7.07. The molecule has 0 N–H and O–H groups in total. The lowest BCUT2D eigenvalue weighted by Crippen LogP contribution is -2.36. The largest absolute Gasteiger partial charge is 0.341 e. The van der Waals surface area contributed by atoms with Crippen molar-refractivity contribution < 1.29 is 9.59 Å². The molecule has 2 heterocycles. The summed E-state index contributed by atoms with van der Waals surface area (Å²) < 4.78 is 0.624. The third kappa shape index (κ3) is 3.03. The fraction of sp³-hybridized carbons (Fsp3) is 0.500. The molecule has 0 spiro atoms. The number of halogens is 1. The SMILES string of the molecule is CC(=O)N1CCCN(C(=O)c2ccc(Cl)s2)CC1. The van der Waals surface area contributed by atoms with Crippen molar-refractivity contribution in [3.8, 4) is 0 Å². The van der Waals surface area contributed by atoms with Gasteiger partial charge in [-0.2, -0.15) is 0 Å². The summed E-state index contributed by atoms with van der Waals surface area (Å²) in [6, 6.07) is 3.49. The minimum absolute atomic E-state index is 0.0114. The Morgan fingerprint density at radius 2 is 1.83 bits per heavy atom. The second-order valence-corrected chi connectivity index (χ2v) is 5.97. The van der Waals surface area contributed by atoms with Gasteiger partial charge in [0, 0.05) is 33.1 Å². The number of carbonyl (C=O) groups is 2. The van der Waals surface area contributed by atoms with Crippen molar-refractivity contribution in [1.29, 1.82) is 0 Å². The molecule has 0 aliphatic carbocycles. The van der Waals surface area contributed by atoms with Gasteiger partial charge in [-0.15, -0.1) is 11.3 Å². The zero-order valence-corrected chi connectivity index (χ0v) is 11.8. The van der Waals surface area contributed by atoms with Crippen LogP contribution in [0.15, 0.2) is 12.1 Å². The van der Waals surface area contributed by atoms with E-state index in [9.17, 15) is 9.59 Å². The molecule has 0 aromatic carbocycles. The van der Waals surface area contributed by atoms with E-state index >= 15 is 0 Å². The molecule has 2 amide bonds. The summed E-state index contributed by atoms with van der Waals surface area (Å²) in [5.74, 6) is 0.0840. The van der Waals surface area contributed by atoms with Crippen LogP contribution in [0.2, 0.25) is 4.34 Å². The lowest BCUT2D eigenvalue weighted by atomic mass is 10.3. The third-order valence-corrected chi connectivity index (χ3v) is 4.23. The van der Waals surface area contributed by atoms with Crippen LogP contribution >= 0.6 is 22.9 Å². The van der Waals surface area contributed by atoms with E-state index in [0.29, 0.717) is 28.8 Å². The van der Waals surface area contributed by atoms with Crippen molar-refractivity contribution in [2.24, 2.45) is 0 Å². The minimum atomic E-state index is 0.0114. The molecule has 1 aromatic heterocycles. The maximum absolute atomic E-state index is 12.2. The summed E-state index contributed by atoms with van der Waals surface area (Å²) in [5, 5.41) is 0. The van der Waals surface area contributed by atoms with Crippen molar-refractivity contribution in [2.45, 2.75) is 13.3 Å². The van der Waals surface area contributed by atoms with Crippen LogP contribution in [0, 0.1) is 0 Å². The number of carbonyl (C=O) groups excluding carboxylic acids is 2. The summed E-state index contributed by atoms with van der Waals surface area (Å²) in [6.45, 7) is 4.19. The van der Waals surface area contributed by atoms with Gasteiger partial charge >= 0.3 is 0 Å². The maximum atomic E-state index is 12.2. The standard InChI is InChI=1S/C12H15ClN2O2S/c1-9(16)14-5-2-6-15(8-7-14)12(17)10-3-4-11(13)18-10/h3-4H,2,5-8H2,1H3. The summed E-state index contributed by atoms with van der Waals surface area (Å²) in [7, 11) is 0. The maximum Gasteiger partial charge on any atom is 0.264 e. The number of nitrogens with zero attached hydrogens (tertiary/aromatic N) is 2. The first-order chi connectivity index (χ1) is 8.58. The summed E-state index contributed by atoms with van der Waals surface area (Å²) in [6.07, 6.45) is 0.824. The molecule has 0 radical (unpaired) electrons. The first kappa shape index (κ1) is 13.4. The average molecular weight is 287 g/mol. The molecular weight excluding hydrogens is 272 g/mol. The molecule has 1 saturated heterocycles. The van der Waals surface area contributed by atoms with E-state index in [2.05, 4.69) is 0 Å². The third-order valence-electron chi connectivity index (χ3n) is 3.01. The molecule has 6 heteroatoms. The highest BCUT2D eigenvalue weighted by molar-refractivity contribution is 7.17. The van der Waals surface area contributed by atoms with Crippen LogP contribution in [-0.2, 0) is 4.79 Å². The lowest BCUT2D eigenvalue weighted by Gasteiger charge is -2.20. The van der Waals surface area contributed by atoms with E-state index in [0.717, 1.165) is 13.0 Å². The van der Waals surface area contributed by atoms with Crippen molar-refractivity contribution >= 4 is 34.8 Å². The zero-order chi connectivity index (χ0) is 13.1. The summed E-state index contributed by atoms with van der Waals surface area (Å²) in [4.78, 5) is 27.8. The van der Waals surface area contributed by atoms with Crippen molar-refractivity contribution in [2.75, 3.05) is 26.2 Å². The molecule has 2 rings (SSSR count). The van der Waals surface area contributed by atoms with Gasteiger partial charge in [0.25, 0.3) is 5.91 Å². The van der Waals surface area contributed by atoms with Crippen LogP contribution in [-0.4, -0.2) is 47.8 Å². The molecule has 1 aliphatic rings. The lowest BCUT2D eigenvalue weighted by molar-refractivity contribution is -0.128. The highest BCUT2D eigenvalue weighted by Crippen LogP contribution is 2.23. The Bertz CT molecular complexity index is 461. The van der Waals surface area contributed by atoms with Gasteiger partial charge in [0.15, 0.2) is 0 Å². The summed E-state index contributed by atoms with van der Waals surface area (Å²) in [5.41, 5.74) is 0. The number of rotatable bonds is 1. The fourth-order valence-electron chi connectivity index (χ4n) is 2.02. The van der Waals surface area contributed by atoms with Gasteiger partial charge in [0.1, 0.15) is 0 Å². The topological polar surface area (TPSA) is 40.6 Å². The Kier molecular flexibility index (Phi) is 4.24. The van der Waals surface area contributed by atoms with E-state index in [4.69, 9.17) is 11.6 Å². The summed E-state index contributed by atoms with van der Waals surface area (Å²) >= 11 is 7.13. The molecule has 0 unspecified atom stereocenters. The molecule has 0 bridgehead atoms. The van der Waals surface area contributed by atoms with E-state index in [1.807, 2.05) is 0 Å². The van der Waals surface area contributed by atoms with Gasteiger partial charge in [-0.05, 0) is 18.6 Å². The van der Waals surface area contributed by atoms with Crippen LogP contribution < -0.4 is 0 Å². The van der Waals surface area contributed by atoms with Crippen LogP contribution in [0.4, 0.5) is 0 Å². The monoisotopic (exact) mass is 286 g/mol. The molecular formula is C12H15ClN2O2S. The molecule has 4 nitrogen and oxygen atoms in total. The molecule has 18 heavy (non-hydrogen) atoms. The smallest absolute Gasteiger partial charge is 0.264 e. The molecule has 1 aromatic rings. The molecule has 1 fully saturated rings. The molecule has 98 valence electrons. The van der Waals surface area contributed by atoms with Crippen molar-refractivity contribution in [3.63, 3.8) is 0 Å². The Hall–Kier alpha value is -1.07. The molecule has 0 saturated carbocycles. The van der Waals surface area contributed by atoms with Crippen molar-refractivity contribution in [1.82, 2.24) is 9.80 Å². The van der Waals surface area contributed by atoms with Crippen LogP contribution in [0.5, 0.6) is 0 Å². The molecule has 1 aliphatic heterocycles. The van der Waals surface area contributed by atoms with Gasteiger partial charge in [-0.25, -0.2) is 0 Å². The van der Waals surface area contributed by atoms with E-state index in [1.165, 1.54) is 11.3 Å². The zero-order valence-electron chi connectivity index (χ0n) is 10.2. The Morgan fingerprint density at radius 3 is 2.44 bits per heavy atom. The van der Waals surface area contributed by atoms with Crippen LogP contribution in [0.1, 0.15) is 23.0 Å². The highest BCUT2D eigenvalue weighted by Gasteiger charge is 2.22. The Balaban J connectivity index is 2.02. The average Bonchev–Trinajstić information content (AvgIpc) is 2.63.